The van der Waals surface area contributed by atoms with Crippen LogP contribution in [0.5, 0.6) is 0 Å². The molecular formula is C20H19N5O2S. The van der Waals surface area contributed by atoms with Crippen LogP contribution in [0.15, 0.2) is 59.5 Å². The van der Waals surface area contributed by atoms with Crippen molar-refractivity contribution in [2.45, 2.75) is 25.7 Å². The first-order valence-electron chi connectivity index (χ1n) is 8.74. The highest BCUT2D eigenvalue weighted by molar-refractivity contribution is 7.92. The Balaban J connectivity index is 1.78. The SMILES string of the molecule is Cc1ccccc1NS(=O)(=O)c1cc(-c2ccc3nnc(C)n3n2)ccc1C. The molecule has 0 atom stereocenters. The van der Waals surface area contributed by atoms with Crippen LogP contribution in [0.3, 0.4) is 0 Å². The van der Waals surface area contributed by atoms with Gasteiger partial charge in [-0.2, -0.15) is 9.61 Å². The number of nitrogens with one attached hydrogen (secondary N) is 1. The van der Waals surface area contributed by atoms with Crippen molar-refractivity contribution >= 4 is 21.4 Å². The van der Waals surface area contributed by atoms with Gasteiger partial charge >= 0.3 is 0 Å². The van der Waals surface area contributed by atoms with Crippen LogP contribution >= 0.6 is 0 Å². The Kier molecular flexibility index (Phi) is 4.35. The molecular weight excluding hydrogens is 374 g/mol. The topological polar surface area (TPSA) is 89.2 Å². The van der Waals surface area contributed by atoms with E-state index in [2.05, 4.69) is 20.0 Å². The number of benzene rings is 2. The summed E-state index contributed by atoms with van der Waals surface area (Å²) in [5.74, 6) is 0.665. The summed E-state index contributed by atoms with van der Waals surface area (Å²) in [7, 11) is -3.75. The van der Waals surface area contributed by atoms with Crippen LogP contribution in [0.25, 0.3) is 16.9 Å². The fourth-order valence-electron chi connectivity index (χ4n) is 2.99. The Bertz CT molecular complexity index is 1300. The van der Waals surface area contributed by atoms with Gasteiger partial charge in [0.1, 0.15) is 0 Å². The number of aryl methyl sites for hydroxylation is 3. The Morgan fingerprint density at radius 3 is 2.46 bits per heavy atom. The number of aromatic nitrogens is 4. The van der Waals surface area contributed by atoms with Crippen molar-refractivity contribution in [1.82, 2.24) is 19.8 Å². The number of nitrogens with zero attached hydrogens (tertiary/aromatic N) is 4. The van der Waals surface area contributed by atoms with Crippen molar-refractivity contribution in [2.24, 2.45) is 0 Å². The molecule has 8 heteroatoms. The number of para-hydroxylation sites is 1. The van der Waals surface area contributed by atoms with Gasteiger partial charge in [-0.25, -0.2) is 8.42 Å². The maximum Gasteiger partial charge on any atom is 0.262 e. The molecule has 7 nitrogen and oxygen atoms in total. The van der Waals surface area contributed by atoms with Crippen LogP contribution < -0.4 is 4.72 Å². The van der Waals surface area contributed by atoms with Gasteiger partial charge in [0, 0.05) is 5.56 Å². The van der Waals surface area contributed by atoms with Gasteiger partial charge in [-0.05, 0) is 56.2 Å². The summed E-state index contributed by atoms with van der Waals surface area (Å²) in [6.07, 6.45) is 0. The van der Waals surface area contributed by atoms with E-state index in [4.69, 9.17) is 0 Å². The van der Waals surface area contributed by atoms with Crippen molar-refractivity contribution in [3.05, 3.63) is 71.5 Å². The zero-order chi connectivity index (χ0) is 19.9. The highest BCUT2D eigenvalue weighted by Gasteiger charge is 2.19. The van der Waals surface area contributed by atoms with Crippen LogP contribution in [-0.2, 0) is 10.0 Å². The van der Waals surface area contributed by atoms with E-state index in [9.17, 15) is 8.42 Å². The largest absolute Gasteiger partial charge is 0.279 e. The summed E-state index contributed by atoms with van der Waals surface area (Å²) in [5.41, 5.74) is 4.06. The second-order valence-electron chi connectivity index (χ2n) is 6.64. The van der Waals surface area contributed by atoms with Gasteiger partial charge in [0.05, 0.1) is 16.3 Å². The number of sulfonamides is 1. The lowest BCUT2D eigenvalue weighted by Crippen LogP contribution is -2.15. The molecule has 0 saturated carbocycles. The van der Waals surface area contributed by atoms with E-state index in [1.54, 1.807) is 41.8 Å². The minimum absolute atomic E-state index is 0.218. The first-order chi connectivity index (χ1) is 13.3. The third kappa shape index (κ3) is 3.22. The lowest BCUT2D eigenvalue weighted by Gasteiger charge is -2.13. The van der Waals surface area contributed by atoms with Crippen molar-refractivity contribution in [3.8, 4) is 11.3 Å². The van der Waals surface area contributed by atoms with Gasteiger partial charge in [-0.15, -0.1) is 10.2 Å². The first kappa shape index (κ1) is 18.1. The molecule has 1 N–H and O–H groups in total. The van der Waals surface area contributed by atoms with E-state index in [-0.39, 0.29) is 4.90 Å². The first-order valence-corrected chi connectivity index (χ1v) is 10.2. The predicted molar refractivity (Wildman–Crippen MR) is 108 cm³/mol. The zero-order valence-electron chi connectivity index (χ0n) is 15.7. The fourth-order valence-corrected chi connectivity index (χ4v) is 4.39. The fraction of sp³-hybridized carbons (Fsp3) is 0.150. The molecule has 0 fully saturated rings. The summed E-state index contributed by atoms with van der Waals surface area (Å²) in [6.45, 7) is 5.45. The second kappa shape index (κ2) is 6.72. The second-order valence-corrected chi connectivity index (χ2v) is 8.29. The van der Waals surface area contributed by atoms with Crippen LogP contribution in [0.4, 0.5) is 5.69 Å². The molecule has 28 heavy (non-hydrogen) atoms. The Labute approximate surface area is 163 Å². The Morgan fingerprint density at radius 1 is 0.893 bits per heavy atom. The van der Waals surface area contributed by atoms with Crippen LogP contribution in [0.2, 0.25) is 0 Å². The van der Waals surface area contributed by atoms with Crippen molar-refractivity contribution in [2.75, 3.05) is 4.72 Å². The molecule has 0 amide bonds. The molecule has 4 rings (SSSR count). The van der Waals surface area contributed by atoms with Crippen molar-refractivity contribution < 1.29 is 8.42 Å². The van der Waals surface area contributed by atoms with E-state index in [1.807, 2.05) is 38.1 Å². The van der Waals surface area contributed by atoms with Gasteiger partial charge in [0.15, 0.2) is 11.5 Å². The summed E-state index contributed by atoms with van der Waals surface area (Å²) < 4.78 is 30.4. The predicted octanol–water partition coefficient (Wildman–Crippen LogP) is 3.52. The average molecular weight is 393 g/mol. The Hall–Kier alpha value is -3.26. The number of anilines is 1. The molecule has 0 spiro atoms. The van der Waals surface area contributed by atoms with E-state index in [0.717, 1.165) is 5.56 Å². The lowest BCUT2D eigenvalue weighted by atomic mass is 10.1. The van der Waals surface area contributed by atoms with Gasteiger partial charge in [-0.3, -0.25) is 4.72 Å². The Morgan fingerprint density at radius 2 is 1.68 bits per heavy atom. The molecule has 0 bridgehead atoms. The molecule has 0 aliphatic rings. The van der Waals surface area contributed by atoms with E-state index in [0.29, 0.717) is 34.0 Å². The molecule has 0 saturated heterocycles. The third-order valence-electron chi connectivity index (χ3n) is 4.58. The summed E-state index contributed by atoms with van der Waals surface area (Å²) in [5, 5.41) is 12.6. The standard InChI is InChI=1S/C20H19N5O2S/c1-13-6-4-5-7-17(13)24-28(26,27)19-12-16(9-8-14(19)2)18-10-11-20-22-21-15(3)25(20)23-18/h4-12,24H,1-3H3. The third-order valence-corrected chi connectivity index (χ3v) is 6.09. The molecule has 0 unspecified atom stereocenters. The lowest BCUT2D eigenvalue weighted by molar-refractivity contribution is 0.600. The minimum Gasteiger partial charge on any atom is -0.279 e. The molecule has 2 heterocycles. The normalized spacial score (nSPS) is 11.7. The highest BCUT2D eigenvalue weighted by Crippen LogP contribution is 2.26. The molecule has 4 aromatic rings. The number of hydrogen-bond acceptors (Lipinski definition) is 5. The number of rotatable bonds is 4. The summed E-state index contributed by atoms with van der Waals surface area (Å²) in [6, 6.07) is 16.2. The molecule has 0 aliphatic heterocycles. The molecule has 2 aromatic carbocycles. The number of hydrogen-bond donors (Lipinski definition) is 1. The van der Waals surface area contributed by atoms with Gasteiger partial charge in [0.25, 0.3) is 10.0 Å². The summed E-state index contributed by atoms with van der Waals surface area (Å²) >= 11 is 0. The zero-order valence-corrected chi connectivity index (χ0v) is 16.5. The highest BCUT2D eigenvalue weighted by atomic mass is 32.2. The van der Waals surface area contributed by atoms with E-state index in [1.165, 1.54) is 0 Å². The minimum atomic E-state index is -3.75. The van der Waals surface area contributed by atoms with Crippen molar-refractivity contribution in [1.29, 1.82) is 0 Å². The molecule has 0 aliphatic carbocycles. The van der Waals surface area contributed by atoms with Crippen LogP contribution in [-0.4, -0.2) is 28.2 Å². The number of fused-ring (bicyclic) bond motifs is 1. The van der Waals surface area contributed by atoms with Crippen LogP contribution in [0.1, 0.15) is 17.0 Å². The maximum atomic E-state index is 13.0. The average Bonchev–Trinajstić information content (AvgIpc) is 3.04. The molecule has 142 valence electrons. The molecule has 2 aromatic heterocycles. The summed E-state index contributed by atoms with van der Waals surface area (Å²) in [4.78, 5) is 0.218. The van der Waals surface area contributed by atoms with Crippen LogP contribution in [0, 0.1) is 20.8 Å². The monoisotopic (exact) mass is 393 g/mol. The van der Waals surface area contributed by atoms with Crippen molar-refractivity contribution in [3.63, 3.8) is 0 Å². The quantitative estimate of drug-likeness (QED) is 0.573. The van der Waals surface area contributed by atoms with E-state index < -0.39 is 10.0 Å². The molecule has 0 radical (unpaired) electrons. The smallest absolute Gasteiger partial charge is 0.262 e. The van der Waals surface area contributed by atoms with E-state index >= 15 is 0 Å². The maximum absolute atomic E-state index is 13.0. The van der Waals surface area contributed by atoms with Gasteiger partial charge in [-0.1, -0.05) is 30.3 Å². The van der Waals surface area contributed by atoms with Gasteiger partial charge < -0.3 is 0 Å². The van der Waals surface area contributed by atoms with Gasteiger partial charge in [0.2, 0.25) is 0 Å².